The van der Waals surface area contributed by atoms with Crippen LogP contribution >= 0.6 is 7.49 Å². The quantitative estimate of drug-likeness (QED) is 0.0460. The van der Waals surface area contributed by atoms with Crippen molar-refractivity contribution in [1.82, 2.24) is 0 Å². The van der Waals surface area contributed by atoms with E-state index in [2.05, 4.69) is 140 Å². The zero-order valence-electron chi connectivity index (χ0n) is 38.3. The molecule has 0 N–H and O–H groups in total. The fourth-order valence-electron chi connectivity index (χ4n) is 9.80. The molecule has 0 saturated carbocycles. The van der Waals surface area contributed by atoms with Gasteiger partial charge in [-0.25, -0.2) is 92.3 Å². The van der Waals surface area contributed by atoms with Crippen molar-refractivity contribution in [3.8, 4) is 11.1 Å². The van der Waals surface area contributed by atoms with Crippen LogP contribution in [0.2, 0.25) is 0 Å². The van der Waals surface area contributed by atoms with Crippen molar-refractivity contribution in [2.24, 2.45) is 0 Å². The van der Waals surface area contributed by atoms with Crippen LogP contribution in [0.5, 0.6) is 0 Å². The van der Waals surface area contributed by atoms with Crippen molar-refractivity contribution in [3.05, 3.63) is 267 Å². The standard InChI is InChI=1S/C31H24OP.C24BF20/c1-4-14-24(15-5-1)33(25-16-6-2-7-17-25,26-18-8-3-9-19-26)32-31-29-22-12-10-20-27(29)28-21-11-13-23-30(28)31;26-5-1(6(27)14(35)21(42)13(5)34)25(2-7(28)15(36)22(43)16(37)8(2)29,3-9(30)17(38)23(44)18(39)10(3)31)4-11(32)19(40)24(45)20(41)12(4)33/h1-23,31H;/q+1;-1. The average molecular weight is 1120 g/mol. The molecule has 0 aromatic heterocycles. The Morgan fingerprint density at radius 3 is 0.667 bits per heavy atom. The third kappa shape index (κ3) is 8.20. The van der Waals surface area contributed by atoms with E-state index in [1.165, 1.54) is 38.2 Å². The fraction of sp³-hybridized carbons (Fsp3) is 0.0182. The predicted molar refractivity (Wildman–Crippen MR) is 249 cm³/mol. The molecule has 398 valence electrons. The lowest BCUT2D eigenvalue weighted by atomic mass is 9.12. The molecule has 0 saturated heterocycles. The van der Waals surface area contributed by atoms with Gasteiger partial charge in [0.2, 0.25) is 7.49 Å². The van der Waals surface area contributed by atoms with Crippen LogP contribution in [0, 0.1) is 116 Å². The first-order chi connectivity index (χ1) is 37.1. The third-order valence-corrected chi connectivity index (χ3v) is 16.7. The summed E-state index contributed by atoms with van der Waals surface area (Å²) in [5.74, 6) is -71.4. The van der Waals surface area contributed by atoms with E-state index in [-0.39, 0.29) is 6.10 Å². The molecule has 78 heavy (non-hydrogen) atoms. The van der Waals surface area contributed by atoms with Gasteiger partial charge in [-0.15, -0.1) is 21.9 Å². The largest absolute Gasteiger partial charge is 0.243 e. The second-order valence-corrected chi connectivity index (χ2v) is 20.1. The van der Waals surface area contributed by atoms with Crippen molar-refractivity contribution >= 4 is 51.4 Å². The summed E-state index contributed by atoms with van der Waals surface area (Å²) in [6.45, 7) is 0. The second-order valence-electron chi connectivity index (χ2n) is 17.1. The van der Waals surface area contributed by atoms with Crippen LogP contribution in [0.3, 0.4) is 0 Å². The van der Waals surface area contributed by atoms with E-state index in [1.807, 2.05) is 0 Å². The van der Waals surface area contributed by atoms with Crippen molar-refractivity contribution in [2.75, 3.05) is 0 Å². The highest BCUT2D eigenvalue weighted by atomic mass is 31.2. The molecule has 0 spiro atoms. The smallest absolute Gasteiger partial charge is 0.209 e. The molecule has 1 aliphatic rings. The lowest BCUT2D eigenvalue weighted by Crippen LogP contribution is -2.81. The van der Waals surface area contributed by atoms with Gasteiger partial charge in [-0.05, 0) is 58.7 Å². The molecule has 23 heteroatoms. The molecule has 9 aromatic rings. The van der Waals surface area contributed by atoms with E-state index in [1.54, 1.807) is 0 Å². The van der Waals surface area contributed by atoms with Gasteiger partial charge < -0.3 is 0 Å². The van der Waals surface area contributed by atoms with Gasteiger partial charge in [-0.3, -0.25) is 0 Å². The number of rotatable bonds is 9. The summed E-state index contributed by atoms with van der Waals surface area (Å²) < 4.78 is 301. The van der Waals surface area contributed by atoms with Crippen LogP contribution in [0.4, 0.5) is 87.8 Å². The summed E-state index contributed by atoms with van der Waals surface area (Å²) in [7, 11) is -2.41. The minimum absolute atomic E-state index is 0.133. The first-order valence-electron chi connectivity index (χ1n) is 22.2. The maximum absolute atomic E-state index is 15.4. The van der Waals surface area contributed by atoms with Gasteiger partial charge in [-0.2, -0.15) is 0 Å². The average Bonchev–Trinajstić information content (AvgIpc) is 3.88. The minimum atomic E-state index is -7.22. The number of benzene rings is 9. The first kappa shape index (κ1) is 54.8. The third-order valence-electron chi connectivity index (χ3n) is 13.1. The Hall–Kier alpha value is -7.97. The normalized spacial score (nSPS) is 12.4. The van der Waals surface area contributed by atoms with E-state index in [4.69, 9.17) is 4.52 Å². The molecule has 1 aliphatic carbocycles. The van der Waals surface area contributed by atoms with Crippen molar-refractivity contribution in [3.63, 3.8) is 0 Å². The summed E-state index contributed by atoms with van der Waals surface area (Å²) in [4.78, 5) is 0. The predicted octanol–water partition coefficient (Wildman–Crippen LogP) is 12.5. The first-order valence-corrected chi connectivity index (χ1v) is 23.9. The summed E-state index contributed by atoms with van der Waals surface area (Å²) >= 11 is 0. The molecule has 0 amide bonds. The van der Waals surface area contributed by atoms with Crippen LogP contribution in [0.25, 0.3) is 11.1 Å². The molecule has 1 nitrogen and oxygen atoms in total. The van der Waals surface area contributed by atoms with Crippen LogP contribution in [-0.4, -0.2) is 6.15 Å². The van der Waals surface area contributed by atoms with Crippen molar-refractivity contribution < 1.29 is 92.3 Å². The molecule has 9 aromatic carbocycles. The van der Waals surface area contributed by atoms with E-state index in [0.717, 1.165) is 0 Å². The Kier molecular flexibility index (Phi) is 14.6. The van der Waals surface area contributed by atoms with Crippen LogP contribution < -0.4 is 37.8 Å². The Bertz CT molecular complexity index is 3330. The molecule has 0 aliphatic heterocycles. The molecular formula is C55H24BF20OP. The summed E-state index contributed by atoms with van der Waals surface area (Å²) in [6, 6.07) is 49.6. The van der Waals surface area contributed by atoms with Crippen LogP contribution in [0.1, 0.15) is 17.2 Å². The Balaban J connectivity index is 0.000000198. The lowest BCUT2D eigenvalue weighted by molar-refractivity contribution is 0.284. The SMILES string of the molecule is Fc1c(F)c(F)c([B-](c2c(F)c(F)c(F)c(F)c2F)(c2c(F)c(F)c(F)c(F)c2F)c2c(F)c(F)c(F)c(F)c2F)c(F)c1F.c1ccc([P+](OC2c3ccccc3-c3ccccc32)(c2ccccc2)c2ccccc2)cc1. The summed E-state index contributed by atoms with van der Waals surface area (Å²) in [6.07, 6.45) is -7.35. The maximum atomic E-state index is 15.4. The van der Waals surface area contributed by atoms with Crippen LogP contribution in [0.15, 0.2) is 140 Å². The van der Waals surface area contributed by atoms with E-state index < -0.39 is 152 Å². The topological polar surface area (TPSA) is 9.23 Å². The van der Waals surface area contributed by atoms with Gasteiger partial charge >= 0.3 is 0 Å². The second kappa shape index (κ2) is 20.8. The van der Waals surface area contributed by atoms with Gasteiger partial charge in [0.15, 0.2) is 75.9 Å². The molecule has 0 bridgehead atoms. The zero-order valence-corrected chi connectivity index (χ0v) is 39.2. The van der Waals surface area contributed by atoms with E-state index in [0.29, 0.717) is 0 Å². The summed E-state index contributed by atoms with van der Waals surface area (Å²) in [5, 5.41) is 3.68. The molecule has 10 rings (SSSR count). The Labute approximate surface area is 427 Å². The number of fused-ring (bicyclic) bond motifs is 3. The van der Waals surface area contributed by atoms with Gasteiger partial charge in [0.05, 0.1) is 0 Å². The number of hydrogen-bond acceptors (Lipinski definition) is 1. The van der Waals surface area contributed by atoms with Gasteiger partial charge in [0.1, 0.15) is 68.6 Å². The molecule has 0 fully saturated rings. The van der Waals surface area contributed by atoms with E-state index in [9.17, 15) is 52.7 Å². The van der Waals surface area contributed by atoms with Crippen molar-refractivity contribution in [2.45, 2.75) is 6.10 Å². The van der Waals surface area contributed by atoms with Crippen molar-refractivity contribution in [1.29, 1.82) is 0 Å². The lowest BCUT2D eigenvalue weighted by Gasteiger charge is -2.44. The van der Waals surface area contributed by atoms with E-state index >= 15 is 35.1 Å². The molecule has 0 heterocycles. The molecule has 0 radical (unpaired) electrons. The number of halogens is 20. The highest BCUT2D eigenvalue weighted by molar-refractivity contribution is 7.91. The fourth-order valence-corrected chi connectivity index (χ4v) is 13.4. The highest BCUT2D eigenvalue weighted by Crippen LogP contribution is 2.62. The van der Waals surface area contributed by atoms with Gasteiger partial charge in [-0.1, -0.05) is 103 Å². The Morgan fingerprint density at radius 2 is 0.436 bits per heavy atom. The summed E-state index contributed by atoms with van der Waals surface area (Å²) in [5.41, 5.74) is -9.31. The Morgan fingerprint density at radius 1 is 0.244 bits per heavy atom. The molecule has 0 unspecified atom stereocenters. The van der Waals surface area contributed by atoms with Gasteiger partial charge in [0, 0.05) is 0 Å². The maximum Gasteiger partial charge on any atom is 0.243 e. The number of hydrogen-bond donors (Lipinski definition) is 0. The zero-order chi connectivity index (χ0) is 56.4. The molecular weight excluding hydrogens is 1100 g/mol. The highest BCUT2D eigenvalue weighted by Gasteiger charge is 2.54. The molecule has 0 atom stereocenters. The van der Waals surface area contributed by atoms with Crippen LogP contribution in [-0.2, 0) is 4.52 Å². The monoisotopic (exact) mass is 1120 g/mol. The van der Waals surface area contributed by atoms with Gasteiger partial charge in [0.25, 0.3) is 0 Å². The minimum Gasteiger partial charge on any atom is -0.209 e.